The highest BCUT2D eigenvalue weighted by Gasteiger charge is 2.36. The van der Waals surface area contributed by atoms with Crippen molar-refractivity contribution in [3.63, 3.8) is 0 Å². The van der Waals surface area contributed by atoms with Gasteiger partial charge in [0.05, 0.1) is 39.7 Å². The van der Waals surface area contributed by atoms with E-state index >= 15 is 0 Å². The highest BCUT2D eigenvalue weighted by Crippen LogP contribution is 2.30. The van der Waals surface area contributed by atoms with Gasteiger partial charge >= 0.3 is 0 Å². The number of furan rings is 1. The lowest BCUT2D eigenvalue weighted by molar-refractivity contribution is 0.0631. The Morgan fingerprint density at radius 3 is 2.54 bits per heavy atom. The number of imide groups is 1. The molecular formula is C20H12Cl2N2O4. The highest BCUT2D eigenvalue weighted by molar-refractivity contribution is 6.44. The summed E-state index contributed by atoms with van der Waals surface area (Å²) in [5.74, 6) is -0.896. The number of hydrogen-bond donors (Lipinski definition) is 1. The summed E-state index contributed by atoms with van der Waals surface area (Å²) in [4.78, 5) is 38.8. The van der Waals surface area contributed by atoms with E-state index < -0.39 is 17.7 Å². The number of nitrogens with one attached hydrogen (secondary N) is 1. The van der Waals surface area contributed by atoms with Gasteiger partial charge in [-0.15, -0.1) is 0 Å². The van der Waals surface area contributed by atoms with Crippen molar-refractivity contribution in [2.24, 2.45) is 0 Å². The Hall–Kier alpha value is -3.09. The third-order valence-electron chi connectivity index (χ3n) is 4.33. The van der Waals surface area contributed by atoms with Crippen LogP contribution >= 0.6 is 23.2 Å². The summed E-state index contributed by atoms with van der Waals surface area (Å²) in [6.07, 6.45) is 1.47. The van der Waals surface area contributed by atoms with Crippen LogP contribution in [0.25, 0.3) is 0 Å². The van der Waals surface area contributed by atoms with Gasteiger partial charge in [-0.2, -0.15) is 0 Å². The van der Waals surface area contributed by atoms with Crippen molar-refractivity contribution in [1.29, 1.82) is 0 Å². The smallest absolute Gasteiger partial charge is 0.261 e. The van der Waals surface area contributed by atoms with Crippen molar-refractivity contribution < 1.29 is 18.8 Å². The van der Waals surface area contributed by atoms with Gasteiger partial charge in [0, 0.05) is 5.56 Å². The van der Waals surface area contributed by atoms with Gasteiger partial charge in [0.1, 0.15) is 5.76 Å². The Labute approximate surface area is 169 Å². The fourth-order valence-corrected chi connectivity index (χ4v) is 3.28. The highest BCUT2D eigenvalue weighted by atomic mass is 35.5. The first kappa shape index (κ1) is 18.3. The first-order chi connectivity index (χ1) is 13.5. The van der Waals surface area contributed by atoms with E-state index in [1.54, 1.807) is 30.3 Å². The molecule has 1 aliphatic rings. The van der Waals surface area contributed by atoms with Crippen LogP contribution in [0.3, 0.4) is 0 Å². The van der Waals surface area contributed by atoms with E-state index in [4.69, 9.17) is 27.6 Å². The fraction of sp³-hybridized carbons (Fsp3) is 0.0500. The maximum atomic E-state index is 12.7. The van der Waals surface area contributed by atoms with E-state index in [0.717, 1.165) is 4.90 Å². The van der Waals surface area contributed by atoms with Gasteiger partial charge in [-0.3, -0.25) is 19.3 Å². The number of carbonyl (C=O) groups excluding carboxylic acids is 3. The molecule has 0 radical (unpaired) electrons. The van der Waals surface area contributed by atoms with Gasteiger partial charge in [-0.25, -0.2) is 0 Å². The lowest BCUT2D eigenvalue weighted by Gasteiger charge is -2.11. The second kappa shape index (κ2) is 7.14. The maximum absolute atomic E-state index is 12.7. The molecule has 0 atom stereocenters. The summed E-state index contributed by atoms with van der Waals surface area (Å²) in [7, 11) is 0. The van der Waals surface area contributed by atoms with Gasteiger partial charge < -0.3 is 9.73 Å². The molecule has 0 unspecified atom stereocenters. The number of halogens is 2. The van der Waals surface area contributed by atoms with Gasteiger partial charge in [0.2, 0.25) is 0 Å². The van der Waals surface area contributed by atoms with Crippen LogP contribution in [0, 0.1) is 0 Å². The van der Waals surface area contributed by atoms with E-state index in [2.05, 4.69) is 5.32 Å². The summed E-state index contributed by atoms with van der Waals surface area (Å²) in [5.41, 5.74) is 0.979. The zero-order chi connectivity index (χ0) is 19.8. The van der Waals surface area contributed by atoms with E-state index in [0.29, 0.717) is 16.5 Å². The van der Waals surface area contributed by atoms with Gasteiger partial charge in [-0.05, 0) is 42.5 Å². The van der Waals surface area contributed by atoms with Crippen molar-refractivity contribution in [2.75, 3.05) is 5.32 Å². The van der Waals surface area contributed by atoms with Crippen LogP contribution in [-0.4, -0.2) is 22.6 Å². The number of rotatable bonds is 4. The lowest BCUT2D eigenvalue weighted by atomic mass is 10.1. The van der Waals surface area contributed by atoms with E-state index in [-0.39, 0.29) is 28.3 Å². The Kier molecular flexibility index (Phi) is 4.66. The molecule has 1 N–H and O–H groups in total. The minimum absolute atomic E-state index is 0.0268. The second-order valence-electron chi connectivity index (χ2n) is 6.09. The molecule has 8 heteroatoms. The largest absolute Gasteiger partial charge is 0.467 e. The summed E-state index contributed by atoms with van der Waals surface area (Å²) in [5, 5.41) is 3.18. The first-order valence-corrected chi connectivity index (χ1v) is 8.99. The quantitative estimate of drug-likeness (QED) is 0.630. The molecule has 0 spiro atoms. The number of anilines is 1. The molecule has 6 nitrogen and oxygen atoms in total. The summed E-state index contributed by atoms with van der Waals surface area (Å²) < 4.78 is 5.21. The zero-order valence-electron chi connectivity index (χ0n) is 14.2. The van der Waals surface area contributed by atoms with Crippen LogP contribution < -0.4 is 5.32 Å². The summed E-state index contributed by atoms with van der Waals surface area (Å²) in [6.45, 7) is 0.0268. The molecule has 3 amide bonds. The summed E-state index contributed by atoms with van der Waals surface area (Å²) >= 11 is 12.0. The van der Waals surface area contributed by atoms with E-state index in [9.17, 15) is 14.4 Å². The van der Waals surface area contributed by atoms with Gasteiger partial charge in [0.25, 0.3) is 17.7 Å². The third-order valence-corrected chi connectivity index (χ3v) is 5.15. The summed E-state index contributed by atoms with van der Waals surface area (Å²) in [6, 6.07) is 12.6. The third kappa shape index (κ3) is 3.17. The Balaban J connectivity index is 1.59. The predicted octanol–water partition coefficient (Wildman–Crippen LogP) is 4.63. The molecule has 3 aromatic rings. The molecule has 1 aliphatic heterocycles. The number of carbonyl (C=O) groups is 3. The zero-order valence-corrected chi connectivity index (χ0v) is 15.8. The topological polar surface area (TPSA) is 79.6 Å². The van der Waals surface area contributed by atoms with Gasteiger partial charge in [0.15, 0.2) is 0 Å². The SMILES string of the molecule is O=C(Nc1cccc(Cl)c1Cl)c1ccc2c(c1)C(=O)N(Cc1ccco1)C2=O. The average molecular weight is 415 g/mol. The Bertz CT molecular complexity index is 1110. The van der Waals surface area contributed by atoms with Crippen molar-refractivity contribution in [3.8, 4) is 0 Å². The van der Waals surface area contributed by atoms with Crippen molar-refractivity contribution in [1.82, 2.24) is 4.90 Å². The molecule has 0 aliphatic carbocycles. The molecule has 1 aromatic heterocycles. The standard InChI is InChI=1S/C20H12Cl2N2O4/c21-15-4-1-5-16(17(15)22)23-18(25)11-6-7-13-14(9-11)20(27)24(19(13)26)10-12-3-2-8-28-12/h1-9H,10H2,(H,23,25). The molecule has 0 fully saturated rings. The van der Waals surface area contributed by atoms with Crippen molar-refractivity contribution in [2.45, 2.75) is 6.54 Å². The predicted molar refractivity (Wildman–Crippen MR) is 104 cm³/mol. The maximum Gasteiger partial charge on any atom is 0.261 e. The molecule has 2 aromatic carbocycles. The number of fused-ring (bicyclic) bond motifs is 1. The fourth-order valence-electron chi connectivity index (χ4n) is 2.93. The monoisotopic (exact) mass is 414 g/mol. The average Bonchev–Trinajstić information content (AvgIpc) is 3.28. The minimum Gasteiger partial charge on any atom is -0.467 e. The molecule has 28 heavy (non-hydrogen) atoms. The van der Waals surface area contributed by atoms with Crippen molar-refractivity contribution >= 4 is 46.6 Å². The molecule has 140 valence electrons. The Morgan fingerprint density at radius 2 is 1.79 bits per heavy atom. The van der Waals surface area contributed by atoms with Crippen LogP contribution in [0.2, 0.25) is 10.0 Å². The second-order valence-corrected chi connectivity index (χ2v) is 6.88. The Morgan fingerprint density at radius 1 is 1.00 bits per heavy atom. The van der Waals surface area contributed by atoms with Crippen LogP contribution in [0.1, 0.15) is 36.8 Å². The molecular weight excluding hydrogens is 403 g/mol. The van der Waals surface area contributed by atoms with Crippen LogP contribution in [0.4, 0.5) is 5.69 Å². The van der Waals surface area contributed by atoms with Gasteiger partial charge in [-0.1, -0.05) is 29.3 Å². The van der Waals surface area contributed by atoms with E-state index in [1.807, 2.05) is 0 Å². The first-order valence-electron chi connectivity index (χ1n) is 8.23. The molecule has 2 heterocycles. The van der Waals surface area contributed by atoms with Crippen molar-refractivity contribution in [3.05, 3.63) is 87.3 Å². The minimum atomic E-state index is -0.480. The van der Waals surface area contributed by atoms with Crippen LogP contribution in [0.15, 0.2) is 59.2 Å². The molecule has 0 saturated heterocycles. The normalized spacial score (nSPS) is 13.0. The number of amides is 3. The molecule has 0 bridgehead atoms. The molecule has 4 rings (SSSR count). The van der Waals surface area contributed by atoms with Crippen LogP contribution in [-0.2, 0) is 6.54 Å². The number of nitrogens with zero attached hydrogens (tertiary/aromatic N) is 1. The van der Waals surface area contributed by atoms with Crippen LogP contribution in [0.5, 0.6) is 0 Å². The number of benzene rings is 2. The lowest BCUT2D eigenvalue weighted by Crippen LogP contribution is -2.28. The number of hydrogen-bond acceptors (Lipinski definition) is 4. The molecule has 0 saturated carbocycles. The van der Waals surface area contributed by atoms with E-state index in [1.165, 1.54) is 24.5 Å².